The second-order valence-electron chi connectivity index (χ2n) is 4.25. The molecule has 1 aromatic heterocycles. The average Bonchev–Trinajstić information content (AvgIpc) is 2.78. The van der Waals surface area contributed by atoms with Gasteiger partial charge in [0.05, 0.1) is 23.1 Å². The van der Waals surface area contributed by atoms with Crippen LogP contribution in [0.15, 0.2) is 35.5 Å². The van der Waals surface area contributed by atoms with E-state index in [-0.39, 0.29) is 16.3 Å². The molecular weight excluding hydrogens is 309 g/mol. The highest BCUT2D eigenvalue weighted by atomic mass is 32.2. The van der Waals surface area contributed by atoms with Crippen molar-refractivity contribution in [1.82, 2.24) is 9.78 Å². The molecule has 0 amide bonds. The zero-order valence-electron chi connectivity index (χ0n) is 10.7. The van der Waals surface area contributed by atoms with Crippen LogP contribution < -0.4 is 10.5 Å². The highest BCUT2D eigenvalue weighted by molar-refractivity contribution is 7.92. The van der Waals surface area contributed by atoms with E-state index in [2.05, 4.69) is 9.82 Å². The SMILES string of the molecule is Cn1cc(S(=O)(=O)Nc2ccc(C(F)(F)F)cc2N)cn1. The number of nitrogen functional groups attached to an aromatic ring is 1. The van der Waals surface area contributed by atoms with Crippen molar-refractivity contribution in [2.24, 2.45) is 7.05 Å². The van der Waals surface area contributed by atoms with Crippen LogP contribution in [0, 0.1) is 0 Å². The fraction of sp³-hybridized carbons (Fsp3) is 0.182. The molecule has 2 aromatic rings. The van der Waals surface area contributed by atoms with Crippen LogP contribution in [0.4, 0.5) is 24.5 Å². The smallest absolute Gasteiger partial charge is 0.397 e. The number of sulfonamides is 1. The van der Waals surface area contributed by atoms with Crippen LogP contribution >= 0.6 is 0 Å². The molecule has 1 heterocycles. The summed E-state index contributed by atoms with van der Waals surface area (Å²) in [7, 11) is -2.42. The van der Waals surface area contributed by atoms with E-state index < -0.39 is 21.8 Å². The second-order valence-corrected chi connectivity index (χ2v) is 5.94. The van der Waals surface area contributed by atoms with Crippen LogP contribution in [0.3, 0.4) is 0 Å². The van der Waals surface area contributed by atoms with Crippen molar-refractivity contribution >= 4 is 21.4 Å². The van der Waals surface area contributed by atoms with Crippen molar-refractivity contribution < 1.29 is 21.6 Å². The first kappa shape index (κ1) is 15.2. The number of hydrogen-bond acceptors (Lipinski definition) is 4. The maximum atomic E-state index is 12.5. The van der Waals surface area contributed by atoms with Crippen molar-refractivity contribution in [3.05, 3.63) is 36.2 Å². The van der Waals surface area contributed by atoms with Crippen molar-refractivity contribution in [2.75, 3.05) is 10.5 Å². The Kier molecular flexibility index (Phi) is 3.58. The van der Waals surface area contributed by atoms with E-state index in [9.17, 15) is 21.6 Å². The van der Waals surface area contributed by atoms with Gasteiger partial charge in [0.15, 0.2) is 0 Å². The lowest BCUT2D eigenvalue weighted by molar-refractivity contribution is -0.137. The number of anilines is 2. The minimum absolute atomic E-state index is 0.121. The second kappa shape index (κ2) is 4.95. The summed E-state index contributed by atoms with van der Waals surface area (Å²) in [6.07, 6.45) is -2.18. The van der Waals surface area contributed by atoms with E-state index in [1.165, 1.54) is 17.9 Å². The van der Waals surface area contributed by atoms with E-state index >= 15 is 0 Å². The lowest BCUT2D eigenvalue weighted by Crippen LogP contribution is -2.14. The Morgan fingerprint density at radius 3 is 2.48 bits per heavy atom. The molecule has 0 spiro atoms. The molecule has 0 saturated heterocycles. The van der Waals surface area contributed by atoms with Crippen LogP contribution in [-0.2, 0) is 23.2 Å². The van der Waals surface area contributed by atoms with Crippen LogP contribution in [0.25, 0.3) is 0 Å². The summed E-state index contributed by atoms with van der Waals surface area (Å²) in [6, 6.07) is 2.38. The number of aromatic nitrogens is 2. The lowest BCUT2D eigenvalue weighted by atomic mass is 10.2. The number of nitrogens with one attached hydrogen (secondary N) is 1. The Balaban J connectivity index is 2.32. The molecule has 0 unspecified atom stereocenters. The van der Waals surface area contributed by atoms with Crippen molar-refractivity contribution in [2.45, 2.75) is 11.1 Å². The highest BCUT2D eigenvalue weighted by Crippen LogP contribution is 2.33. The minimum Gasteiger partial charge on any atom is -0.397 e. The molecule has 1 aromatic carbocycles. The van der Waals surface area contributed by atoms with Gasteiger partial charge in [0.2, 0.25) is 0 Å². The van der Waals surface area contributed by atoms with Gasteiger partial charge in [-0.1, -0.05) is 0 Å². The predicted octanol–water partition coefficient (Wildman–Crippen LogP) is 1.82. The van der Waals surface area contributed by atoms with Crippen molar-refractivity contribution in [1.29, 1.82) is 0 Å². The Morgan fingerprint density at radius 2 is 2.00 bits per heavy atom. The number of benzene rings is 1. The fourth-order valence-corrected chi connectivity index (χ4v) is 2.64. The molecule has 3 N–H and O–H groups in total. The first-order valence-electron chi connectivity index (χ1n) is 5.58. The summed E-state index contributed by atoms with van der Waals surface area (Å²) in [6.45, 7) is 0. The van der Waals surface area contributed by atoms with Gasteiger partial charge in [0.25, 0.3) is 10.0 Å². The number of aryl methyl sites for hydroxylation is 1. The Bertz CT molecular complexity index is 768. The maximum absolute atomic E-state index is 12.5. The largest absolute Gasteiger partial charge is 0.416 e. The molecule has 10 heteroatoms. The van der Waals surface area contributed by atoms with E-state index in [0.29, 0.717) is 6.07 Å². The quantitative estimate of drug-likeness (QED) is 0.844. The third kappa shape index (κ3) is 3.27. The molecule has 114 valence electrons. The van der Waals surface area contributed by atoms with Gasteiger partial charge < -0.3 is 5.73 Å². The van der Waals surface area contributed by atoms with Crippen molar-refractivity contribution in [3.63, 3.8) is 0 Å². The number of rotatable bonds is 3. The van der Waals surface area contributed by atoms with E-state index in [0.717, 1.165) is 18.3 Å². The molecule has 0 saturated carbocycles. The molecular formula is C11H11F3N4O2S. The molecule has 0 aliphatic carbocycles. The van der Waals surface area contributed by atoms with E-state index in [1.54, 1.807) is 0 Å². The van der Waals surface area contributed by atoms with Gasteiger partial charge >= 0.3 is 6.18 Å². The molecule has 0 fully saturated rings. The normalized spacial score (nSPS) is 12.4. The summed E-state index contributed by atoms with van der Waals surface area (Å²) >= 11 is 0. The van der Waals surface area contributed by atoms with Crippen LogP contribution in [0.5, 0.6) is 0 Å². The number of halogens is 3. The number of nitrogens with two attached hydrogens (primary N) is 1. The molecule has 0 atom stereocenters. The van der Waals surface area contributed by atoms with Gasteiger partial charge in [-0.15, -0.1) is 0 Å². The molecule has 21 heavy (non-hydrogen) atoms. The van der Waals surface area contributed by atoms with Gasteiger partial charge in [-0.3, -0.25) is 9.40 Å². The number of nitrogens with zero attached hydrogens (tertiary/aromatic N) is 2. The lowest BCUT2D eigenvalue weighted by Gasteiger charge is -2.12. The average molecular weight is 320 g/mol. The van der Waals surface area contributed by atoms with Crippen LogP contribution in [0.1, 0.15) is 5.56 Å². The topological polar surface area (TPSA) is 90.0 Å². The Labute approximate surface area is 118 Å². The third-order valence-electron chi connectivity index (χ3n) is 2.61. The third-order valence-corrected chi connectivity index (χ3v) is 3.93. The summed E-state index contributed by atoms with van der Waals surface area (Å²) in [5.41, 5.74) is 4.05. The molecule has 0 aliphatic rings. The Hall–Kier alpha value is -2.23. The van der Waals surface area contributed by atoms with Crippen LogP contribution in [-0.4, -0.2) is 18.2 Å². The van der Waals surface area contributed by atoms with Gasteiger partial charge in [-0.05, 0) is 18.2 Å². The van der Waals surface area contributed by atoms with Gasteiger partial charge in [-0.25, -0.2) is 8.42 Å². The Morgan fingerprint density at radius 1 is 1.33 bits per heavy atom. The highest BCUT2D eigenvalue weighted by Gasteiger charge is 2.31. The maximum Gasteiger partial charge on any atom is 0.416 e. The summed E-state index contributed by atoms with van der Waals surface area (Å²) < 4.78 is 64.9. The monoisotopic (exact) mass is 320 g/mol. The molecule has 0 radical (unpaired) electrons. The zero-order valence-corrected chi connectivity index (χ0v) is 11.5. The summed E-state index contributed by atoms with van der Waals surface area (Å²) in [5.74, 6) is 0. The van der Waals surface area contributed by atoms with Gasteiger partial charge in [-0.2, -0.15) is 18.3 Å². The molecule has 2 rings (SSSR count). The number of hydrogen-bond donors (Lipinski definition) is 2. The molecule has 0 bridgehead atoms. The van der Waals surface area contributed by atoms with E-state index in [4.69, 9.17) is 5.73 Å². The first-order chi connectivity index (χ1) is 9.59. The zero-order chi connectivity index (χ0) is 15.8. The van der Waals surface area contributed by atoms with Crippen molar-refractivity contribution in [3.8, 4) is 0 Å². The summed E-state index contributed by atoms with van der Waals surface area (Å²) in [4.78, 5) is -0.121. The molecule has 0 aliphatic heterocycles. The van der Waals surface area contributed by atoms with E-state index in [1.807, 2.05) is 0 Å². The predicted molar refractivity (Wildman–Crippen MR) is 69.9 cm³/mol. The number of alkyl halides is 3. The first-order valence-corrected chi connectivity index (χ1v) is 7.06. The van der Waals surface area contributed by atoms with Gasteiger partial charge in [0, 0.05) is 13.2 Å². The van der Waals surface area contributed by atoms with Gasteiger partial charge in [0.1, 0.15) is 4.90 Å². The summed E-state index contributed by atoms with van der Waals surface area (Å²) in [5, 5.41) is 3.71. The fourth-order valence-electron chi connectivity index (χ4n) is 1.57. The molecule has 6 nitrogen and oxygen atoms in total. The minimum atomic E-state index is -4.55. The van der Waals surface area contributed by atoms with Crippen LogP contribution in [0.2, 0.25) is 0 Å². The standard InChI is InChI=1S/C11H11F3N4O2S/c1-18-6-8(5-16-18)21(19,20)17-10-3-2-7(4-9(10)15)11(12,13)14/h2-6,17H,15H2,1H3.